The fourth-order valence-electron chi connectivity index (χ4n) is 9.90. The molecule has 13 rings (SSSR count). The fraction of sp³-hybridized carbons (Fsp3) is 0. The number of aromatic amines is 1. The Kier molecular flexibility index (Phi) is 6.41. The number of para-hydroxylation sites is 5. The quantitative estimate of drug-likeness (QED) is 0.186. The van der Waals surface area contributed by atoms with Crippen molar-refractivity contribution in [3.05, 3.63) is 200 Å². The molecule has 0 aliphatic heterocycles. The van der Waals surface area contributed by atoms with Gasteiger partial charge in [-0.2, -0.15) is 0 Å². The molecule has 1 N–H and O–H groups in total. The van der Waals surface area contributed by atoms with Crippen LogP contribution >= 0.6 is 0 Å². The van der Waals surface area contributed by atoms with E-state index < -0.39 is 0 Å². The van der Waals surface area contributed by atoms with Crippen molar-refractivity contribution in [2.45, 2.75) is 0 Å². The molecule has 0 fully saturated rings. The van der Waals surface area contributed by atoms with Gasteiger partial charge >= 0.3 is 0 Å². The summed E-state index contributed by atoms with van der Waals surface area (Å²) in [5.74, 6) is 0. The molecule has 270 valence electrons. The van der Waals surface area contributed by atoms with Crippen molar-refractivity contribution in [1.82, 2.24) is 18.7 Å². The Labute approximate surface area is 333 Å². The molecule has 0 aliphatic rings. The molecule has 0 amide bonds. The predicted molar refractivity (Wildman–Crippen MR) is 244 cm³/mol. The minimum Gasteiger partial charge on any atom is -0.353 e. The van der Waals surface area contributed by atoms with E-state index in [-0.39, 0.29) is 0 Å². The lowest BCUT2D eigenvalue weighted by Crippen LogP contribution is -1.99. The van der Waals surface area contributed by atoms with E-state index in [0.717, 1.165) is 33.7 Å². The van der Waals surface area contributed by atoms with Gasteiger partial charge in [-0.15, -0.1) is 0 Å². The minimum atomic E-state index is 1.13. The highest BCUT2D eigenvalue weighted by molar-refractivity contribution is 6.24. The van der Waals surface area contributed by atoms with Gasteiger partial charge in [0.05, 0.1) is 38.6 Å². The number of nitrogens with one attached hydrogen (secondary N) is 1. The first-order valence-electron chi connectivity index (χ1n) is 19.9. The lowest BCUT2D eigenvalue weighted by atomic mass is 10.0. The maximum absolute atomic E-state index is 3.80. The third-order valence-corrected chi connectivity index (χ3v) is 12.3. The van der Waals surface area contributed by atoms with Gasteiger partial charge in [0, 0.05) is 65.7 Å². The highest BCUT2D eigenvalue weighted by atomic mass is 15.0. The number of aromatic nitrogens is 4. The van der Waals surface area contributed by atoms with Gasteiger partial charge in [0.1, 0.15) is 0 Å². The third kappa shape index (κ3) is 4.29. The summed E-state index contributed by atoms with van der Waals surface area (Å²) in [6, 6.07) is 73.1. The summed E-state index contributed by atoms with van der Waals surface area (Å²) >= 11 is 0. The Morgan fingerprint density at radius 1 is 0.276 bits per heavy atom. The van der Waals surface area contributed by atoms with Crippen molar-refractivity contribution >= 4 is 87.2 Å². The van der Waals surface area contributed by atoms with E-state index in [1.807, 2.05) is 0 Å². The Morgan fingerprint density at radius 2 is 0.690 bits per heavy atom. The molecule has 0 saturated heterocycles. The number of benzene rings is 9. The van der Waals surface area contributed by atoms with Crippen LogP contribution in [0.25, 0.3) is 115 Å². The van der Waals surface area contributed by atoms with Gasteiger partial charge in [-0.1, -0.05) is 140 Å². The number of fused-ring (bicyclic) bond motifs is 14. The Hall–Kier alpha value is -7.82. The second kappa shape index (κ2) is 11.8. The van der Waals surface area contributed by atoms with Crippen molar-refractivity contribution in [3.63, 3.8) is 0 Å². The van der Waals surface area contributed by atoms with Gasteiger partial charge in [0.2, 0.25) is 0 Å². The molecule has 4 nitrogen and oxygen atoms in total. The minimum absolute atomic E-state index is 1.13. The average molecular weight is 739 g/mol. The Bertz CT molecular complexity index is 3800. The zero-order chi connectivity index (χ0) is 37.9. The Morgan fingerprint density at radius 3 is 1.26 bits per heavy atom. The van der Waals surface area contributed by atoms with Crippen LogP contribution in [0.3, 0.4) is 0 Å². The topological polar surface area (TPSA) is 30.6 Å². The van der Waals surface area contributed by atoms with Crippen LogP contribution < -0.4 is 0 Å². The van der Waals surface area contributed by atoms with E-state index in [0.29, 0.717) is 0 Å². The number of rotatable bonds is 4. The molecule has 0 atom stereocenters. The van der Waals surface area contributed by atoms with Crippen LogP contribution in [0, 0.1) is 0 Å². The van der Waals surface area contributed by atoms with E-state index in [1.165, 1.54) is 81.8 Å². The number of nitrogens with zero attached hydrogens (tertiary/aromatic N) is 3. The molecule has 9 aromatic carbocycles. The van der Waals surface area contributed by atoms with Crippen LogP contribution in [0.4, 0.5) is 0 Å². The first-order valence-corrected chi connectivity index (χ1v) is 19.9. The van der Waals surface area contributed by atoms with Crippen LogP contribution in [0.15, 0.2) is 200 Å². The largest absolute Gasteiger partial charge is 0.353 e. The van der Waals surface area contributed by atoms with Gasteiger partial charge in [0.15, 0.2) is 0 Å². The average Bonchev–Trinajstić information content (AvgIpc) is 4.03. The van der Waals surface area contributed by atoms with Gasteiger partial charge in [-0.25, -0.2) is 0 Å². The predicted octanol–water partition coefficient (Wildman–Crippen LogP) is 14.3. The molecule has 4 aromatic heterocycles. The van der Waals surface area contributed by atoms with Crippen molar-refractivity contribution in [1.29, 1.82) is 0 Å². The molecule has 0 bridgehead atoms. The zero-order valence-corrected chi connectivity index (χ0v) is 31.4. The SMILES string of the molecule is c1ccc(-n2c3ccccc3c3ccc4c5ccccc5n(-c5cccc(-c6cccc(-n7c8ccccc8c8ccc9c%10ccccc%10[nH]c9c87)c6)c5)c4c32)cc1. The molecule has 4 heterocycles. The standard InChI is InChI=1S/C54H34N4/c1-2-16-36(17-3-1)56-48-25-9-6-22-41(48)45-30-31-46-42-23-7-11-27-50(42)58(54(46)53(45)56)38-19-13-15-35(33-38)34-14-12-18-37(32-34)57-49-26-10-5-21-40(49)44-29-28-43-39-20-4-8-24-47(39)55-51(43)52(44)57/h1-33,55H. The van der Waals surface area contributed by atoms with Crippen LogP contribution in [0.2, 0.25) is 0 Å². The lowest BCUT2D eigenvalue weighted by Gasteiger charge is -2.14. The van der Waals surface area contributed by atoms with Crippen LogP contribution in [0.1, 0.15) is 0 Å². The summed E-state index contributed by atoms with van der Waals surface area (Å²) in [4.78, 5) is 3.80. The first-order chi connectivity index (χ1) is 28.8. The van der Waals surface area contributed by atoms with Gasteiger partial charge < -0.3 is 18.7 Å². The van der Waals surface area contributed by atoms with Gasteiger partial charge in [-0.3, -0.25) is 0 Å². The second-order valence-corrected chi connectivity index (χ2v) is 15.4. The fourth-order valence-corrected chi connectivity index (χ4v) is 9.90. The molecule has 0 saturated carbocycles. The second-order valence-electron chi connectivity index (χ2n) is 15.4. The highest BCUT2D eigenvalue weighted by Gasteiger charge is 2.22. The van der Waals surface area contributed by atoms with Gasteiger partial charge in [0.25, 0.3) is 0 Å². The molecule has 13 aromatic rings. The summed E-state index contributed by atoms with van der Waals surface area (Å²) in [6.07, 6.45) is 0. The summed E-state index contributed by atoms with van der Waals surface area (Å²) in [7, 11) is 0. The summed E-state index contributed by atoms with van der Waals surface area (Å²) in [5, 5.41) is 9.95. The molecule has 0 radical (unpaired) electrons. The highest BCUT2D eigenvalue weighted by Crippen LogP contribution is 2.43. The van der Waals surface area contributed by atoms with E-state index in [2.05, 4.69) is 219 Å². The Balaban J connectivity index is 1.06. The van der Waals surface area contributed by atoms with Crippen LogP contribution in [0.5, 0.6) is 0 Å². The maximum Gasteiger partial charge on any atom is 0.0788 e. The molecular weight excluding hydrogens is 705 g/mol. The van der Waals surface area contributed by atoms with E-state index in [4.69, 9.17) is 0 Å². The molecule has 58 heavy (non-hydrogen) atoms. The summed E-state index contributed by atoms with van der Waals surface area (Å²) < 4.78 is 7.38. The van der Waals surface area contributed by atoms with Crippen molar-refractivity contribution < 1.29 is 0 Å². The lowest BCUT2D eigenvalue weighted by molar-refractivity contribution is 1.15. The number of hydrogen-bond acceptors (Lipinski definition) is 0. The third-order valence-electron chi connectivity index (χ3n) is 12.3. The monoisotopic (exact) mass is 738 g/mol. The number of hydrogen-bond donors (Lipinski definition) is 1. The molecule has 0 spiro atoms. The van der Waals surface area contributed by atoms with Crippen molar-refractivity contribution in [2.75, 3.05) is 0 Å². The summed E-state index contributed by atoms with van der Waals surface area (Å²) in [6.45, 7) is 0. The molecular formula is C54H34N4. The van der Waals surface area contributed by atoms with Crippen LogP contribution in [-0.2, 0) is 0 Å². The van der Waals surface area contributed by atoms with Crippen molar-refractivity contribution in [3.8, 4) is 28.2 Å². The zero-order valence-electron chi connectivity index (χ0n) is 31.4. The normalized spacial score (nSPS) is 12.1. The molecule has 4 heteroatoms. The van der Waals surface area contributed by atoms with E-state index >= 15 is 0 Å². The first kappa shape index (κ1) is 31.4. The van der Waals surface area contributed by atoms with Crippen molar-refractivity contribution in [2.24, 2.45) is 0 Å². The van der Waals surface area contributed by atoms with Gasteiger partial charge in [-0.05, 0) is 71.8 Å². The maximum atomic E-state index is 3.80. The van der Waals surface area contributed by atoms with Crippen LogP contribution in [-0.4, -0.2) is 18.7 Å². The van der Waals surface area contributed by atoms with E-state index in [1.54, 1.807) is 0 Å². The molecule has 0 unspecified atom stereocenters. The molecule has 0 aliphatic carbocycles. The summed E-state index contributed by atoms with van der Waals surface area (Å²) in [5.41, 5.74) is 15.2. The van der Waals surface area contributed by atoms with E-state index in [9.17, 15) is 0 Å². The smallest absolute Gasteiger partial charge is 0.0788 e. The number of H-pyrrole nitrogens is 1.